The normalized spacial score (nSPS) is 16.3. The van der Waals surface area contributed by atoms with Gasteiger partial charge in [0.15, 0.2) is 6.29 Å². The van der Waals surface area contributed by atoms with Crippen LogP contribution in [-0.2, 0) is 9.47 Å². The van der Waals surface area contributed by atoms with Crippen LogP contribution in [0.5, 0.6) is 0 Å². The monoisotopic (exact) mass is 512 g/mol. The van der Waals surface area contributed by atoms with Crippen LogP contribution in [0.2, 0.25) is 0 Å². The molecule has 0 N–H and O–H groups in total. The van der Waals surface area contributed by atoms with Crippen LogP contribution in [0.1, 0.15) is 38.5 Å². The summed E-state index contributed by atoms with van der Waals surface area (Å²) in [4.78, 5) is 0. The maximum absolute atomic E-state index is 5.96. The smallest absolute Gasteiger partial charge is 0.157 e. The molecule has 0 aliphatic carbocycles. The van der Waals surface area contributed by atoms with E-state index in [1.165, 1.54) is 47.8 Å². The van der Waals surface area contributed by atoms with Gasteiger partial charge in [0.1, 0.15) is 23.2 Å². The van der Waals surface area contributed by atoms with E-state index in [-0.39, 0.29) is 23.3 Å². The highest BCUT2D eigenvalue weighted by Gasteiger charge is 2.44. The van der Waals surface area contributed by atoms with Crippen LogP contribution < -0.4 is 32.9 Å². The Kier molecular flexibility index (Phi) is 10.4. The lowest BCUT2D eigenvalue weighted by Gasteiger charge is -2.28. The number of unbranched alkanes of at least 4 members (excludes halogenated alkanes) is 2. The van der Waals surface area contributed by atoms with E-state index in [0.29, 0.717) is 0 Å². The molecule has 32 heavy (non-hydrogen) atoms. The zero-order valence-electron chi connectivity index (χ0n) is 18.7. The zero-order chi connectivity index (χ0) is 21.2. The van der Waals surface area contributed by atoms with Gasteiger partial charge in [-0.3, -0.25) is 0 Å². The number of hydrogen-bond acceptors (Lipinski definition) is 2. The van der Waals surface area contributed by atoms with Crippen molar-refractivity contribution in [1.82, 2.24) is 0 Å². The summed E-state index contributed by atoms with van der Waals surface area (Å²) >= 11 is 0. The van der Waals surface area contributed by atoms with Crippen LogP contribution in [0.3, 0.4) is 0 Å². The number of hydrogen-bond donors (Lipinski definition) is 0. The van der Waals surface area contributed by atoms with Gasteiger partial charge in [0.05, 0.1) is 6.16 Å². The maximum Gasteiger partial charge on any atom is 0.157 e. The van der Waals surface area contributed by atoms with E-state index in [1.807, 2.05) is 0 Å². The second-order valence-corrected chi connectivity index (χ2v) is 11.9. The Balaban J connectivity index is 0.00000289. The summed E-state index contributed by atoms with van der Waals surface area (Å²) in [6.45, 7) is 1.65. The molecule has 170 valence electrons. The molecule has 1 aliphatic rings. The lowest BCUT2D eigenvalue weighted by atomic mass is 10.2. The van der Waals surface area contributed by atoms with Crippen LogP contribution in [0, 0.1) is 0 Å². The number of rotatable bonds is 10. The zero-order valence-corrected chi connectivity index (χ0v) is 21.2. The topological polar surface area (TPSA) is 18.5 Å². The minimum absolute atomic E-state index is 0. The van der Waals surface area contributed by atoms with E-state index in [2.05, 4.69) is 91.0 Å². The minimum Gasteiger partial charge on any atom is -1.00 e. The summed E-state index contributed by atoms with van der Waals surface area (Å²) in [5, 5.41) is 4.41. The van der Waals surface area contributed by atoms with Crippen molar-refractivity contribution in [2.24, 2.45) is 0 Å². The van der Waals surface area contributed by atoms with Gasteiger partial charge in [-0.25, -0.2) is 0 Å². The highest BCUT2D eigenvalue weighted by molar-refractivity contribution is 7.95. The van der Waals surface area contributed by atoms with Gasteiger partial charge in [0.2, 0.25) is 0 Å². The van der Waals surface area contributed by atoms with E-state index in [1.54, 1.807) is 0 Å². The van der Waals surface area contributed by atoms with Gasteiger partial charge in [-0.2, -0.15) is 0 Å². The molecule has 4 heteroatoms. The van der Waals surface area contributed by atoms with Gasteiger partial charge in [-0.05, 0) is 74.9 Å². The van der Waals surface area contributed by atoms with Crippen molar-refractivity contribution in [3.05, 3.63) is 91.0 Å². The van der Waals surface area contributed by atoms with Gasteiger partial charge in [-0.1, -0.05) is 54.6 Å². The molecule has 1 heterocycles. The van der Waals surface area contributed by atoms with E-state index in [4.69, 9.17) is 9.47 Å². The Morgan fingerprint density at radius 2 is 1.22 bits per heavy atom. The molecule has 1 saturated heterocycles. The Morgan fingerprint density at radius 1 is 0.688 bits per heavy atom. The maximum atomic E-state index is 5.96. The van der Waals surface area contributed by atoms with Crippen LogP contribution in [0.4, 0.5) is 0 Å². The summed E-state index contributed by atoms with van der Waals surface area (Å²) in [7, 11) is -1.69. The second kappa shape index (κ2) is 13.3. The van der Waals surface area contributed by atoms with Crippen molar-refractivity contribution < 1.29 is 26.5 Å². The summed E-state index contributed by atoms with van der Waals surface area (Å²) in [5.41, 5.74) is 0. The van der Waals surface area contributed by atoms with E-state index in [0.717, 1.165) is 26.1 Å². The fourth-order valence-electron chi connectivity index (χ4n) is 4.57. The molecule has 3 aromatic rings. The van der Waals surface area contributed by atoms with Crippen molar-refractivity contribution in [2.75, 3.05) is 19.4 Å². The lowest BCUT2D eigenvalue weighted by Crippen LogP contribution is -3.00. The molecule has 0 amide bonds. The molecule has 1 unspecified atom stereocenters. The van der Waals surface area contributed by atoms with Gasteiger partial charge in [0.25, 0.3) is 0 Å². The third kappa shape index (κ3) is 6.29. The van der Waals surface area contributed by atoms with Crippen molar-refractivity contribution in [3.63, 3.8) is 0 Å². The Hall–Kier alpha value is -1.51. The molecule has 4 rings (SSSR count). The standard InChI is InChI=1S/C28H34O2P.BrH/c1-5-15-25(16-6-1)31(26-17-7-2-8-18-26,27-19-9-3-10-20-27)24-14-4-12-22-29-28-21-11-13-23-30-28;/h1-3,5-10,15-20,28H,4,11-14,21-24H2;1H/q+1;/p-1. The van der Waals surface area contributed by atoms with E-state index < -0.39 is 7.26 Å². The Bertz CT molecular complexity index is 786. The highest BCUT2D eigenvalue weighted by atomic mass is 79.9. The molecule has 0 aromatic heterocycles. The quantitative estimate of drug-likeness (QED) is 0.307. The summed E-state index contributed by atoms with van der Waals surface area (Å²) < 4.78 is 11.7. The molecule has 0 saturated carbocycles. The average Bonchev–Trinajstić information content (AvgIpc) is 2.86. The van der Waals surface area contributed by atoms with Crippen LogP contribution in [-0.4, -0.2) is 25.7 Å². The molecule has 2 nitrogen and oxygen atoms in total. The molecular formula is C28H34BrO2P. The molecule has 0 radical (unpaired) electrons. The molecule has 0 bridgehead atoms. The lowest BCUT2D eigenvalue weighted by molar-refractivity contribution is -0.162. The fraction of sp³-hybridized carbons (Fsp3) is 0.357. The van der Waals surface area contributed by atoms with Gasteiger partial charge in [0, 0.05) is 13.2 Å². The predicted molar refractivity (Wildman–Crippen MR) is 133 cm³/mol. The molecule has 3 aromatic carbocycles. The summed E-state index contributed by atoms with van der Waals surface area (Å²) in [6, 6.07) is 33.5. The number of ether oxygens (including phenoxy) is 2. The van der Waals surface area contributed by atoms with Crippen molar-refractivity contribution in [2.45, 2.75) is 44.8 Å². The van der Waals surface area contributed by atoms with Gasteiger partial charge >= 0.3 is 0 Å². The largest absolute Gasteiger partial charge is 1.00 e. The first-order valence-corrected chi connectivity index (χ1v) is 13.7. The van der Waals surface area contributed by atoms with Crippen LogP contribution in [0.15, 0.2) is 91.0 Å². The van der Waals surface area contributed by atoms with Crippen molar-refractivity contribution in [1.29, 1.82) is 0 Å². The van der Waals surface area contributed by atoms with Crippen LogP contribution in [0.25, 0.3) is 0 Å². The first-order valence-electron chi connectivity index (χ1n) is 11.7. The first-order chi connectivity index (χ1) is 15.4. The van der Waals surface area contributed by atoms with Crippen molar-refractivity contribution in [3.8, 4) is 0 Å². The van der Waals surface area contributed by atoms with Crippen molar-refractivity contribution >= 4 is 23.2 Å². The Morgan fingerprint density at radius 3 is 1.69 bits per heavy atom. The van der Waals surface area contributed by atoms with E-state index >= 15 is 0 Å². The minimum atomic E-state index is -1.69. The molecule has 1 aliphatic heterocycles. The summed E-state index contributed by atoms with van der Waals surface area (Å²) in [5.74, 6) is 0. The van der Waals surface area contributed by atoms with E-state index in [9.17, 15) is 0 Å². The second-order valence-electron chi connectivity index (χ2n) is 8.27. The third-order valence-electron chi connectivity index (χ3n) is 6.17. The summed E-state index contributed by atoms with van der Waals surface area (Å²) in [6.07, 6.45) is 8.13. The molecular weight excluding hydrogens is 479 g/mol. The first kappa shape index (κ1) is 25.1. The Labute approximate surface area is 204 Å². The number of benzene rings is 3. The van der Waals surface area contributed by atoms with Gasteiger partial charge < -0.3 is 26.5 Å². The molecule has 0 spiro atoms. The molecule has 1 atom stereocenters. The number of halogens is 1. The SMILES string of the molecule is [Br-].c1ccc([P+](CCCCCOC2CCCCO2)(c2ccccc2)c2ccccc2)cc1. The fourth-order valence-corrected chi connectivity index (χ4v) is 8.98. The highest BCUT2D eigenvalue weighted by Crippen LogP contribution is 2.55. The van der Waals surface area contributed by atoms with Gasteiger partial charge in [-0.15, -0.1) is 0 Å². The van der Waals surface area contributed by atoms with Crippen LogP contribution >= 0.6 is 7.26 Å². The molecule has 1 fully saturated rings. The predicted octanol–water partition coefficient (Wildman–Crippen LogP) is 2.70. The third-order valence-corrected chi connectivity index (χ3v) is 10.7. The average molecular weight is 513 g/mol.